The lowest BCUT2D eigenvalue weighted by Crippen LogP contribution is -2.52. The molecule has 1 aromatic rings. The third kappa shape index (κ3) is 2.82. The van der Waals surface area contributed by atoms with E-state index in [4.69, 9.17) is 11.6 Å². The first-order valence-electron chi connectivity index (χ1n) is 6.03. The minimum absolute atomic E-state index is 0.0267. The van der Waals surface area contributed by atoms with Crippen LogP contribution >= 0.6 is 11.6 Å². The summed E-state index contributed by atoms with van der Waals surface area (Å²) in [6, 6.07) is 4.30. The molecule has 0 saturated carbocycles. The highest BCUT2D eigenvalue weighted by Crippen LogP contribution is 2.20. The predicted molar refractivity (Wildman–Crippen MR) is 68.8 cm³/mol. The Morgan fingerprint density at radius 1 is 1.56 bits per heavy atom. The molecule has 0 aromatic heterocycles. The van der Waals surface area contributed by atoms with E-state index in [1.165, 1.54) is 6.07 Å². The topological polar surface area (TPSA) is 41.1 Å². The van der Waals surface area contributed by atoms with E-state index in [0.717, 1.165) is 6.42 Å². The quantitative estimate of drug-likeness (QED) is 0.883. The molecule has 0 bridgehead atoms. The molecule has 2 rings (SSSR count). The van der Waals surface area contributed by atoms with Crippen molar-refractivity contribution in [3.63, 3.8) is 0 Å². The molecule has 2 atom stereocenters. The van der Waals surface area contributed by atoms with Crippen LogP contribution in [0.3, 0.4) is 0 Å². The Morgan fingerprint density at radius 3 is 3.00 bits per heavy atom. The van der Waals surface area contributed by atoms with Gasteiger partial charge in [0.25, 0.3) is 0 Å². The van der Waals surface area contributed by atoms with Crippen molar-refractivity contribution in [1.82, 2.24) is 10.6 Å². The Hall–Kier alpha value is -1.13. The highest BCUT2D eigenvalue weighted by molar-refractivity contribution is 6.31. The van der Waals surface area contributed by atoms with E-state index in [0.29, 0.717) is 17.1 Å². The molecule has 98 valence electrons. The molecule has 1 heterocycles. The van der Waals surface area contributed by atoms with Crippen LogP contribution in [0.2, 0.25) is 5.02 Å². The van der Waals surface area contributed by atoms with Crippen molar-refractivity contribution in [2.45, 2.75) is 25.9 Å². The third-order valence-corrected chi connectivity index (χ3v) is 3.66. The van der Waals surface area contributed by atoms with E-state index in [1.54, 1.807) is 12.1 Å². The molecule has 1 aromatic carbocycles. The molecule has 1 fully saturated rings. The van der Waals surface area contributed by atoms with Crippen LogP contribution < -0.4 is 10.6 Å². The number of nitrogens with one attached hydrogen (secondary N) is 2. The zero-order chi connectivity index (χ0) is 13.1. The number of piperidine rings is 1. The fourth-order valence-corrected chi connectivity index (χ4v) is 2.40. The van der Waals surface area contributed by atoms with Gasteiger partial charge in [-0.05, 0) is 24.5 Å². The van der Waals surface area contributed by atoms with Crippen molar-refractivity contribution in [2.24, 2.45) is 5.92 Å². The van der Waals surface area contributed by atoms with Crippen LogP contribution in [0.4, 0.5) is 4.39 Å². The van der Waals surface area contributed by atoms with Gasteiger partial charge in [0.2, 0.25) is 5.91 Å². The van der Waals surface area contributed by atoms with Crippen molar-refractivity contribution in [2.75, 3.05) is 6.54 Å². The average molecular weight is 271 g/mol. The maximum Gasteiger partial charge on any atom is 0.237 e. The van der Waals surface area contributed by atoms with Gasteiger partial charge in [0, 0.05) is 23.7 Å². The molecule has 1 aliphatic heterocycles. The van der Waals surface area contributed by atoms with Crippen LogP contribution in [-0.2, 0) is 11.3 Å². The van der Waals surface area contributed by atoms with Crippen molar-refractivity contribution >= 4 is 17.5 Å². The normalized spacial score (nSPS) is 23.8. The summed E-state index contributed by atoms with van der Waals surface area (Å²) >= 11 is 5.94. The van der Waals surface area contributed by atoms with E-state index in [9.17, 15) is 9.18 Å². The van der Waals surface area contributed by atoms with Crippen molar-refractivity contribution in [3.05, 3.63) is 34.6 Å². The molecule has 0 spiro atoms. The van der Waals surface area contributed by atoms with Gasteiger partial charge in [-0.15, -0.1) is 0 Å². The third-order valence-electron chi connectivity index (χ3n) is 3.31. The van der Waals surface area contributed by atoms with Gasteiger partial charge in [-0.25, -0.2) is 4.39 Å². The maximum absolute atomic E-state index is 13.6. The van der Waals surface area contributed by atoms with Crippen molar-refractivity contribution in [3.8, 4) is 0 Å². The van der Waals surface area contributed by atoms with E-state index in [2.05, 4.69) is 10.6 Å². The predicted octanol–water partition coefficient (Wildman–Crippen LogP) is 2.09. The van der Waals surface area contributed by atoms with E-state index >= 15 is 0 Å². The van der Waals surface area contributed by atoms with Crippen molar-refractivity contribution < 1.29 is 9.18 Å². The van der Waals surface area contributed by atoms with Crippen LogP contribution in [0.15, 0.2) is 18.2 Å². The monoisotopic (exact) mass is 270 g/mol. The molecule has 3 nitrogen and oxygen atoms in total. The van der Waals surface area contributed by atoms with E-state index in [-0.39, 0.29) is 30.2 Å². The molecular formula is C13H16ClFN2O. The van der Waals surface area contributed by atoms with Crippen LogP contribution in [0, 0.1) is 11.7 Å². The summed E-state index contributed by atoms with van der Waals surface area (Å²) in [5, 5.41) is 6.26. The summed E-state index contributed by atoms with van der Waals surface area (Å²) in [5.41, 5.74) is 0.407. The Balaban J connectivity index is 2.04. The van der Waals surface area contributed by atoms with Gasteiger partial charge in [0.1, 0.15) is 5.82 Å². The number of carbonyl (C=O) groups excluding carboxylic acids is 1. The van der Waals surface area contributed by atoms with Crippen LogP contribution in [0.25, 0.3) is 0 Å². The Bertz CT molecular complexity index is 432. The maximum atomic E-state index is 13.6. The Morgan fingerprint density at radius 2 is 2.33 bits per heavy atom. The van der Waals surface area contributed by atoms with Gasteiger partial charge >= 0.3 is 0 Å². The Labute approximate surface area is 111 Å². The highest BCUT2D eigenvalue weighted by atomic mass is 35.5. The van der Waals surface area contributed by atoms with Crippen molar-refractivity contribution in [1.29, 1.82) is 0 Å². The molecule has 2 N–H and O–H groups in total. The lowest BCUT2D eigenvalue weighted by molar-refractivity contribution is -0.126. The molecule has 1 aliphatic rings. The minimum Gasteiger partial charge on any atom is -0.355 e. The number of rotatable bonds is 3. The smallest absolute Gasteiger partial charge is 0.237 e. The standard InChI is InChI=1S/C13H16ClFN2O/c1-8-5-6-16-13(18)12(8)17-7-9-10(14)3-2-4-11(9)15/h2-4,8,12,17H,5-7H2,1H3,(H,16,18). The first-order valence-corrected chi connectivity index (χ1v) is 6.41. The van der Waals surface area contributed by atoms with E-state index in [1.807, 2.05) is 6.92 Å². The highest BCUT2D eigenvalue weighted by Gasteiger charge is 2.28. The largest absolute Gasteiger partial charge is 0.355 e. The van der Waals surface area contributed by atoms with Gasteiger partial charge in [-0.1, -0.05) is 24.6 Å². The summed E-state index contributed by atoms with van der Waals surface area (Å²) < 4.78 is 13.6. The summed E-state index contributed by atoms with van der Waals surface area (Å²) in [6.45, 7) is 2.98. The zero-order valence-corrected chi connectivity index (χ0v) is 10.9. The average Bonchev–Trinajstić information content (AvgIpc) is 2.31. The van der Waals surface area contributed by atoms with Crippen LogP contribution in [0.1, 0.15) is 18.9 Å². The summed E-state index contributed by atoms with van der Waals surface area (Å²) in [4.78, 5) is 11.7. The van der Waals surface area contributed by atoms with Gasteiger partial charge in [0.05, 0.1) is 6.04 Å². The second-order valence-electron chi connectivity index (χ2n) is 4.62. The molecule has 5 heteroatoms. The molecular weight excluding hydrogens is 255 g/mol. The second kappa shape index (κ2) is 5.67. The molecule has 1 saturated heterocycles. The number of halogens is 2. The summed E-state index contributed by atoms with van der Waals surface area (Å²) in [7, 11) is 0. The minimum atomic E-state index is -0.348. The molecule has 0 aliphatic carbocycles. The lowest BCUT2D eigenvalue weighted by Gasteiger charge is -2.29. The summed E-state index contributed by atoms with van der Waals surface area (Å²) in [5.74, 6) is -0.135. The lowest BCUT2D eigenvalue weighted by atomic mass is 9.94. The zero-order valence-electron chi connectivity index (χ0n) is 10.2. The number of carbonyl (C=O) groups is 1. The molecule has 0 radical (unpaired) electrons. The number of amides is 1. The van der Waals surface area contributed by atoms with Gasteiger partial charge in [-0.2, -0.15) is 0 Å². The number of hydrogen-bond donors (Lipinski definition) is 2. The SMILES string of the molecule is CC1CCNC(=O)C1NCc1c(F)cccc1Cl. The Kier molecular flexibility index (Phi) is 4.19. The number of benzene rings is 1. The second-order valence-corrected chi connectivity index (χ2v) is 5.02. The van der Waals surface area contributed by atoms with Gasteiger partial charge in [-0.3, -0.25) is 4.79 Å². The summed E-state index contributed by atoms with van der Waals surface area (Å²) in [6.07, 6.45) is 0.925. The fourth-order valence-electron chi connectivity index (χ4n) is 2.17. The molecule has 18 heavy (non-hydrogen) atoms. The first-order chi connectivity index (χ1) is 8.59. The van der Waals surface area contributed by atoms with Crippen LogP contribution in [-0.4, -0.2) is 18.5 Å². The number of hydrogen-bond acceptors (Lipinski definition) is 2. The van der Waals surface area contributed by atoms with Gasteiger partial charge < -0.3 is 10.6 Å². The van der Waals surface area contributed by atoms with Crippen LogP contribution in [0.5, 0.6) is 0 Å². The fraction of sp³-hybridized carbons (Fsp3) is 0.462. The van der Waals surface area contributed by atoms with E-state index < -0.39 is 0 Å². The molecule has 1 amide bonds. The molecule has 2 unspecified atom stereocenters. The van der Waals surface area contributed by atoms with Gasteiger partial charge in [0.15, 0.2) is 0 Å². The first kappa shape index (κ1) is 13.3.